The molecular formula is C13H29N3O. The Labute approximate surface area is 106 Å². The minimum atomic E-state index is -0.0971. The molecule has 0 radical (unpaired) electrons. The van der Waals surface area contributed by atoms with Gasteiger partial charge < -0.3 is 11.1 Å². The van der Waals surface area contributed by atoms with E-state index in [1.807, 2.05) is 6.92 Å². The first kappa shape index (κ1) is 16.4. The number of hydrogen-bond acceptors (Lipinski definition) is 3. The molecule has 0 saturated carbocycles. The Kier molecular flexibility index (Phi) is 9.09. The Hall–Kier alpha value is -0.610. The standard InChI is InChI=1S/C13H29N3O/c1-5-6-7-9-15-13(17)12(4)16(10-8-14)11(2)3/h11-12H,5-10,14H2,1-4H3,(H,15,17). The Morgan fingerprint density at radius 2 is 1.94 bits per heavy atom. The molecule has 4 nitrogen and oxygen atoms in total. The molecule has 1 amide bonds. The quantitative estimate of drug-likeness (QED) is 0.601. The first-order valence-electron chi connectivity index (χ1n) is 6.78. The molecule has 3 N–H and O–H groups in total. The fourth-order valence-corrected chi connectivity index (χ4v) is 1.93. The van der Waals surface area contributed by atoms with Gasteiger partial charge >= 0.3 is 0 Å². The topological polar surface area (TPSA) is 58.4 Å². The van der Waals surface area contributed by atoms with Gasteiger partial charge in [-0.15, -0.1) is 0 Å². The van der Waals surface area contributed by atoms with E-state index in [0.717, 1.165) is 19.5 Å². The highest BCUT2D eigenvalue weighted by atomic mass is 16.2. The van der Waals surface area contributed by atoms with Crippen LogP contribution in [0.15, 0.2) is 0 Å². The number of nitrogens with two attached hydrogens (primary N) is 1. The molecule has 0 aromatic heterocycles. The smallest absolute Gasteiger partial charge is 0.237 e. The van der Waals surface area contributed by atoms with Crippen LogP contribution in [0.3, 0.4) is 0 Å². The van der Waals surface area contributed by atoms with E-state index < -0.39 is 0 Å². The molecule has 0 bridgehead atoms. The normalized spacial score (nSPS) is 13.1. The number of carbonyl (C=O) groups excluding carboxylic acids is 1. The molecule has 0 saturated heterocycles. The van der Waals surface area contributed by atoms with Crippen molar-refractivity contribution in [2.45, 2.75) is 59.0 Å². The van der Waals surface area contributed by atoms with Crippen LogP contribution in [0.2, 0.25) is 0 Å². The summed E-state index contributed by atoms with van der Waals surface area (Å²) in [7, 11) is 0. The van der Waals surface area contributed by atoms with Gasteiger partial charge in [-0.3, -0.25) is 9.69 Å². The van der Waals surface area contributed by atoms with E-state index in [1.165, 1.54) is 12.8 Å². The number of rotatable bonds is 9. The minimum Gasteiger partial charge on any atom is -0.355 e. The highest BCUT2D eigenvalue weighted by Gasteiger charge is 2.22. The molecule has 102 valence electrons. The number of nitrogens with zero attached hydrogens (tertiary/aromatic N) is 1. The fourth-order valence-electron chi connectivity index (χ4n) is 1.93. The highest BCUT2D eigenvalue weighted by Crippen LogP contribution is 2.04. The van der Waals surface area contributed by atoms with Gasteiger partial charge in [-0.05, 0) is 27.2 Å². The van der Waals surface area contributed by atoms with Gasteiger partial charge in [0, 0.05) is 25.7 Å². The van der Waals surface area contributed by atoms with Crippen molar-refractivity contribution < 1.29 is 4.79 Å². The number of hydrogen-bond donors (Lipinski definition) is 2. The minimum absolute atomic E-state index is 0.0971. The molecule has 0 heterocycles. The first-order chi connectivity index (χ1) is 8.04. The summed E-state index contributed by atoms with van der Waals surface area (Å²) in [6.45, 7) is 10.4. The summed E-state index contributed by atoms with van der Waals surface area (Å²) in [5, 5.41) is 2.99. The van der Waals surface area contributed by atoms with Gasteiger partial charge in [0.1, 0.15) is 0 Å². The van der Waals surface area contributed by atoms with Crippen molar-refractivity contribution in [3.05, 3.63) is 0 Å². The van der Waals surface area contributed by atoms with Gasteiger partial charge in [0.05, 0.1) is 6.04 Å². The SMILES string of the molecule is CCCCCNC(=O)C(C)N(CCN)C(C)C. The second-order valence-electron chi connectivity index (χ2n) is 4.79. The molecule has 0 fully saturated rings. The van der Waals surface area contributed by atoms with Gasteiger partial charge in [-0.1, -0.05) is 19.8 Å². The summed E-state index contributed by atoms with van der Waals surface area (Å²) < 4.78 is 0. The van der Waals surface area contributed by atoms with Crippen molar-refractivity contribution in [2.75, 3.05) is 19.6 Å². The van der Waals surface area contributed by atoms with Gasteiger partial charge in [0.25, 0.3) is 0 Å². The Bertz CT molecular complexity index is 207. The number of amides is 1. The summed E-state index contributed by atoms with van der Waals surface area (Å²) in [5.41, 5.74) is 5.57. The average molecular weight is 243 g/mol. The molecule has 0 rings (SSSR count). The van der Waals surface area contributed by atoms with Crippen molar-refractivity contribution in [3.63, 3.8) is 0 Å². The van der Waals surface area contributed by atoms with Crippen LogP contribution in [0.1, 0.15) is 47.0 Å². The predicted octanol–water partition coefficient (Wildman–Crippen LogP) is 1.35. The third-order valence-corrected chi connectivity index (χ3v) is 3.01. The molecule has 4 heteroatoms. The van der Waals surface area contributed by atoms with Gasteiger partial charge in [-0.25, -0.2) is 0 Å². The van der Waals surface area contributed by atoms with E-state index in [-0.39, 0.29) is 11.9 Å². The zero-order valence-corrected chi connectivity index (χ0v) is 11.8. The molecular weight excluding hydrogens is 214 g/mol. The lowest BCUT2D eigenvalue weighted by Crippen LogP contribution is -2.49. The summed E-state index contributed by atoms with van der Waals surface area (Å²) >= 11 is 0. The van der Waals surface area contributed by atoms with Crippen LogP contribution in [0.25, 0.3) is 0 Å². The molecule has 1 atom stereocenters. The van der Waals surface area contributed by atoms with Crippen LogP contribution in [-0.2, 0) is 4.79 Å². The van der Waals surface area contributed by atoms with Crippen molar-refractivity contribution in [1.29, 1.82) is 0 Å². The van der Waals surface area contributed by atoms with Crippen LogP contribution in [-0.4, -0.2) is 42.5 Å². The van der Waals surface area contributed by atoms with Gasteiger partial charge in [0.2, 0.25) is 5.91 Å². The van der Waals surface area contributed by atoms with Crippen LogP contribution in [0.4, 0.5) is 0 Å². The van der Waals surface area contributed by atoms with Crippen LogP contribution >= 0.6 is 0 Å². The van der Waals surface area contributed by atoms with Crippen molar-refractivity contribution in [2.24, 2.45) is 5.73 Å². The fraction of sp³-hybridized carbons (Fsp3) is 0.923. The van der Waals surface area contributed by atoms with Crippen LogP contribution < -0.4 is 11.1 Å². The zero-order chi connectivity index (χ0) is 13.3. The van der Waals surface area contributed by atoms with Crippen molar-refractivity contribution in [1.82, 2.24) is 10.2 Å². The molecule has 0 aromatic rings. The molecule has 17 heavy (non-hydrogen) atoms. The molecule has 0 aromatic carbocycles. The largest absolute Gasteiger partial charge is 0.355 e. The Morgan fingerprint density at radius 3 is 2.41 bits per heavy atom. The summed E-state index contributed by atoms with van der Waals surface area (Å²) in [4.78, 5) is 14.1. The molecule has 0 aliphatic heterocycles. The molecule has 0 spiro atoms. The molecule has 0 aliphatic carbocycles. The van der Waals surface area contributed by atoms with Crippen molar-refractivity contribution in [3.8, 4) is 0 Å². The highest BCUT2D eigenvalue weighted by molar-refractivity contribution is 5.81. The lowest BCUT2D eigenvalue weighted by molar-refractivity contribution is -0.126. The van der Waals surface area contributed by atoms with E-state index in [4.69, 9.17) is 5.73 Å². The zero-order valence-electron chi connectivity index (χ0n) is 11.8. The van der Waals surface area contributed by atoms with E-state index in [1.54, 1.807) is 0 Å². The van der Waals surface area contributed by atoms with Gasteiger partial charge in [0.15, 0.2) is 0 Å². The maximum absolute atomic E-state index is 11.9. The molecule has 0 aliphatic rings. The van der Waals surface area contributed by atoms with E-state index in [0.29, 0.717) is 12.6 Å². The van der Waals surface area contributed by atoms with Gasteiger partial charge in [-0.2, -0.15) is 0 Å². The third kappa shape index (κ3) is 6.64. The summed E-state index contributed by atoms with van der Waals surface area (Å²) in [6.07, 6.45) is 3.41. The van der Waals surface area contributed by atoms with Crippen LogP contribution in [0.5, 0.6) is 0 Å². The Morgan fingerprint density at radius 1 is 1.29 bits per heavy atom. The second kappa shape index (κ2) is 9.42. The lowest BCUT2D eigenvalue weighted by Gasteiger charge is -2.31. The second-order valence-corrected chi connectivity index (χ2v) is 4.79. The lowest BCUT2D eigenvalue weighted by atomic mass is 10.2. The third-order valence-electron chi connectivity index (χ3n) is 3.01. The average Bonchev–Trinajstić information content (AvgIpc) is 2.30. The Balaban J connectivity index is 4.06. The maximum atomic E-state index is 11.9. The van der Waals surface area contributed by atoms with Crippen molar-refractivity contribution >= 4 is 5.91 Å². The van der Waals surface area contributed by atoms with E-state index >= 15 is 0 Å². The maximum Gasteiger partial charge on any atom is 0.237 e. The number of unbranched alkanes of at least 4 members (excludes halogenated alkanes) is 2. The number of nitrogens with one attached hydrogen (secondary N) is 1. The van der Waals surface area contributed by atoms with Crippen LogP contribution in [0, 0.1) is 0 Å². The van der Waals surface area contributed by atoms with E-state index in [9.17, 15) is 4.79 Å². The summed E-state index contributed by atoms with van der Waals surface area (Å²) in [6, 6.07) is 0.245. The predicted molar refractivity (Wildman–Crippen MR) is 72.9 cm³/mol. The molecule has 1 unspecified atom stereocenters. The monoisotopic (exact) mass is 243 g/mol. The first-order valence-corrected chi connectivity index (χ1v) is 6.78. The number of carbonyl (C=O) groups is 1. The summed E-state index contributed by atoms with van der Waals surface area (Å²) in [5.74, 6) is 0.114. The van der Waals surface area contributed by atoms with E-state index in [2.05, 4.69) is 31.0 Å².